The number of pyridine rings is 1. The fraction of sp³-hybridized carbons (Fsp3) is 0.375. The number of likely N-dealkylation sites (N-methyl/N-ethyl adjacent to an activating group) is 1. The number of benzene rings is 1. The van der Waals surface area contributed by atoms with Crippen molar-refractivity contribution in [2.75, 3.05) is 26.0 Å². The van der Waals surface area contributed by atoms with Crippen LogP contribution in [0.25, 0.3) is 10.9 Å². The van der Waals surface area contributed by atoms with E-state index in [9.17, 15) is 9.90 Å². The summed E-state index contributed by atoms with van der Waals surface area (Å²) in [7, 11) is 3.49. The summed E-state index contributed by atoms with van der Waals surface area (Å²) in [4.78, 5) is 18.5. The molecule has 1 amide bonds. The molecule has 0 aliphatic carbocycles. The number of aliphatic hydroxyl groups excluding tert-OH is 1. The number of fused-ring (bicyclic) bond motifs is 1. The van der Waals surface area contributed by atoms with Gasteiger partial charge in [0.25, 0.3) is 5.91 Å². The van der Waals surface area contributed by atoms with Crippen molar-refractivity contribution in [3.63, 3.8) is 0 Å². The van der Waals surface area contributed by atoms with Gasteiger partial charge < -0.3 is 15.3 Å². The first-order valence-electron chi connectivity index (χ1n) is 6.87. The van der Waals surface area contributed by atoms with Crippen molar-refractivity contribution in [2.24, 2.45) is 0 Å². The number of carbonyl (C=O) groups is 1. The first kappa shape index (κ1) is 15.3. The number of carbonyl (C=O) groups excluding carboxylic acids is 1. The quantitative estimate of drug-likeness (QED) is 0.904. The standard InChI is InChI=1S/C16H21N3O2/c1-16(2,10-20)19(4)15(21)14-9-13(17-3)11-7-5-6-8-12(11)18-14/h5-9,20H,10H2,1-4H3,(H,17,18). The number of aromatic nitrogens is 1. The monoisotopic (exact) mass is 287 g/mol. The van der Waals surface area contributed by atoms with Gasteiger partial charge in [0.2, 0.25) is 0 Å². The lowest BCUT2D eigenvalue weighted by atomic mass is 10.0. The van der Waals surface area contributed by atoms with Crippen LogP contribution in [0.3, 0.4) is 0 Å². The van der Waals surface area contributed by atoms with Crippen molar-refractivity contribution in [3.05, 3.63) is 36.0 Å². The SMILES string of the molecule is CNc1cc(C(=O)N(C)C(C)(C)CO)nc2ccccc12. The Labute approximate surface area is 124 Å². The van der Waals surface area contributed by atoms with Crippen LogP contribution < -0.4 is 5.32 Å². The molecule has 0 bridgehead atoms. The molecular weight excluding hydrogens is 266 g/mol. The van der Waals surface area contributed by atoms with E-state index in [2.05, 4.69) is 10.3 Å². The number of hydrogen-bond donors (Lipinski definition) is 2. The summed E-state index contributed by atoms with van der Waals surface area (Å²) in [6, 6.07) is 9.42. The first-order valence-corrected chi connectivity index (χ1v) is 6.87. The van der Waals surface area contributed by atoms with Gasteiger partial charge in [-0.05, 0) is 26.0 Å². The van der Waals surface area contributed by atoms with Crippen molar-refractivity contribution < 1.29 is 9.90 Å². The maximum atomic E-state index is 12.6. The van der Waals surface area contributed by atoms with Crippen LogP contribution in [-0.2, 0) is 0 Å². The molecule has 2 rings (SSSR count). The minimum Gasteiger partial charge on any atom is -0.394 e. The Kier molecular flexibility index (Phi) is 4.14. The van der Waals surface area contributed by atoms with Gasteiger partial charge in [0.1, 0.15) is 5.69 Å². The van der Waals surface area contributed by atoms with E-state index in [0.717, 1.165) is 16.6 Å². The van der Waals surface area contributed by atoms with Crippen molar-refractivity contribution in [1.82, 2.24) is 9.88 Å². The predicted octanol–water partition coefficient (Wildman–Crippen LogP) is 2.12. The third-order valence-corrected chi connectivity index (χ3v) is 3.80. The minimum atomic E-state index is -0.635. The van der Waals surface area contributed by atoms with Gasteiger partial charge in [0.15, 0.2) is 0 Å². The van der Waals surface area contributed by atoms with Gasteiger partial charge in [0.05, 0.1) is 17.7 Å². The number of nitrogens with zero attached hydrogens (tertiary/aromatic N) is 2. The molecular formula is C16H21N3O2. The van der Waals surface area contributed by atoms with Gasteiger partial charge in [-0.3, -0.25) is 4.79 Å². The van der Waals surface area contributed by atoms with Crippen LogP contribution in [0.2, 0.25) is 0 Å². The van der Waals surface area contributed by atoms with Crippen LogP contribution in [0, 0.1) is 0 Å². The molecule has 0 saturated heterocycles. The van der Waals surface area contributed by atoms with Crippen molar-refractivity contribution in [2.45, 2.75) is 19.4 Å². The molecule has 5 nitrogen and oxygen atoms in total. The third-order valence-electron chi connectivity index (χ3n) is 3.80. The number of amides is 1. The van der Waals surface area contributed by atoms with Gasteiger partial charge >= 0.3 is 0 Å². The molecule has 1 heterocycles. The van der Waals surface area contributed by atoms with E-state index in [-0.39, 0.29) is 12.5 Å². The molecule has 0 radical (unpaired) electrons. The summed E-state index contributed by atoms with van der Waals surface area (Å²) in [5.41, 5.74) is 1.36. The predicted molar refractivity (Wildman–Crippen MR) is 84.5 cm³/mol. The fourth-order valence-electron chi connectivity index (χ4n) is 2.04. The molecule has 2 N–H and O–H groups in total. The van der Waals surface area contributed by atoms with E-state index in [0.29, 0.717) is 5.69 Å². The van der Waals surface area contributed by atoms with E-state index >= 15 is 0 Å². The summed E-state index contributed by atoms with van der Waals surface area (Å²) < 4.78 is 0. The van der Waals surface area contributed by atoms with E-state index in [1.807, 2.05) is 45.2 Å². The van der Waals surface area contributed by atoms with Gasteiger partial charge in [0, 0.05) is 25.2 Å². The zero-order valence-electron chi connectivity index (χ0n) is 12.8. The molecule has 0 aliphatic heterocycles. The fourth-order valence-corrected chi connectivity index (χ4v) is 2.04. The molecule has 1 aromatic heterocycles. The average Bonchev–Trinajstić information content (AvgIpc) is 2.52. The van der Waals surface area contributed by atoms with E-state index < -0.39 is 5.54 Å². The molecule has 0 unspecified atom stereocenters. The summed E-state index contributed by atoms with van der Waals surface area (Å²) in [6.45, 7) is 3.51. The lowest BCUT2D eigenvalue weighted by Gasteiger charge is -2.33. The van der Waals surface area contributed by atoms with Crippen LogP contribution in [0.4, 0.5) is 5.69 Å². The third kappa shape index (κ3) is 2.83. The Morgan fingerprint density at radius 2 is 2.05 bits per heavy atom. The van der Waals surface area contributed by atoms with E-state index in [1.165, 1.54) is 4.90 Å². The normalized spacial score (nSPS) is 11.5. The Morgan fingerprint density at radius 3 is 2.67 bits per heavy atom. The largest absolute Gasteiger partial charge is 0.394 e. The summed E-state index contributed by atoms with van der Waals surface area (Å²) in [6.07, 6.45) is 0. The molecule has 0 aliphatic rings. The molecule has 0 spiro atoms. The van der Waals surface area contributed by atoms with Crippen LogP contribution in [0.5, 0.6) is 0 Å². The Morgan fingerprint density at radius 1 is 1.38 bits per heavy atom. The molecule has 0 fully saturated rings. The van der Waals surface area contributed by atoms with Crippen LogP contribution >= 0.6 is 0 Å². The molecule has 0 atom stereocenters. The Bertz CT molecular complexity index is 668. The van der Waals surface area contributed by atoms with Crippen molar-refractivity contribution >= 4 is 22.5 Å². The highest BCUT2D eigenvalue weighted by Gasteiger charge is 2.28. The van der Waals surface area contributed by atoms with Gasteiger partial charge in [-0.1, -0.05) is 18.2 Å². The molecule has 5 heteroatoms. The smallest absolute Gasteiger partial charge is 0.272 e. The Balaban J connectivity index is 2.49. The number of anilines is 1. The van der Waals surface area contributed by atoms with Crippen LogP contribution in [-0.4, -0.2) is 47.1 Å². The number of rotatable bonds is 4. The second-order valence-corrected chi connectivity index (χ2v) is 5.66. The van der Waals surface area contributed by atoms with Crippen molar-refractivity contribution in [3.8, 4) is 0 Å². The highest BCUT2D eigenvalue weighted by Crippen LogP contribution is 2.24. The molecule has 112 valence electrons. The lowest BCUT2D eigenvalue weighted by Crippen LogP contribution is -2.47. The Hall–Kier alpha value is -2.14. The minimum absolute atomic E-state index is 0.109. The summed E-state index contributed by atoms with van der Waals surface area (Å²) >= 11 is 0. The number of hydrogen-bond acceptors (Lipinski definition) is 4. The number of nitrogens with one attached hydrogen (secondary N) is 1. The zero-order valence-corrected chi connectivity index (χ0v) is 12.8. The highest BCUT2D eigenvalue weighted by molar-refractivity contribution is 5.99. The molecule has 2 aromatic rings. The molecule has 0 saturated carbocycles. The maximum absolute atomic E-state index is 12.6. The lowest BCUT2D eigenvalue weighted by molar-refractivity contribution is 0.0468. The van der Waals surface area contributed by atoms with E-state index in [1.54, 1.807) is 13.1 Å². The number of para-hydroxylation sites is 1. The second kappa shape index (κ2) is 5.69. The molecule has 1 aromatic carbocycles. The van der Waals surface area contributed by atoms with Gasteiger partial charge in [-0.15, -0.1) is 0 Å². The highest BCUT2D eigenvalue weighted by atomic mass is 16.3. The maximum Gasteiger partial charge on any atom is 0.272 e. The second-order valence-electron chi connectivity index (χ2n) is 5.66. The van der Waals surface area contributed by atoms with Crippen LogP contribution in [0.1, 0.15) is 24.3 Å². The topological polar surface area (TPSA) is 65.5 Å². The first-order chi connectivity index (χ1) is 9.90. The van der Waals surface area contributed by atoms with Gasteiger partial charge in [-0.25, -0.2) is 4.98 Å². The average molecular weight is 287 g/mol. The van der Waals surface area contributed by atoms with Gasteiger partial charge in [-0.2, -0.15) is 0 Å². The van der Waals surface area contributed by atoms with Crippen LogP contribution in [0.15, 0.2) is 30.3 Å². The number of aliphatic hydroxyl groups is 1. The van der Waals surface area contributed by atoms with Crippen molar-refractivity contribution in [1.29, 1.82) is 0 Å². The summed E-state index contributed by atoms with van der Waals surface area (Å²) in [5.74, 6) is -0.212. The summed E-state index contributed by atoms with van der Waals surface area (Å²) in [5, 5.41) is 13.5. The molecule has 21 heavy (non-hydrogen) atoms. The van der Waals surface area contributed by atoms with E-state index in [4.69, 9.17) is 0 Å². The zero-order chi connectivity index (χ0) is 15.6.